The minimum atomic E-state index is 0.202. The van der Waals surface area contributed by atoms with Gasteiger partial charge in [-0.15, -0.1) is 0 Å². The SMILES string of the molecule is COc1ccc(OCCCC(=O)N2CCCCC2CN)cc1. The molecule has 1 aromatic carbocycles. The quantitative estimate of drug-likeness (QED) is 0.784. The van der Waals surface area contributed by atoms with Gasteiger partial charge in [-0.05, 0) is 49.9 Å². The fourth-order valence-electron chi connectivity index (χ4n) is 2.80. The fraction of sp³-hybridized carbons (Fsp3) is 0.588. The van der Waals surface area contributed by atoms with Gasteiger partial charge < -0.3 is 20.1 Å². The van der Waals surface area contributed by atoms with Crippen molar-refractivity contribution in [3.8, 4) is 11.5 Å². The number of piperidine rings is 1. The van der Waals surface area contributed by atoms with Crippen molar-refractivity contribution in [2.45, 2.75) is 38.1 Å². The van der Waals surface area contributed by atoms with Crippen LogP contribution in [0.5, 0.6) is 11.5 Å². The van der Waals surface area contributed by atoms with Crippen LogP contribution in [0, 0.1) is 0 Å². The van der Waals surface area contributed by atoms with Crippen LogP contribution < -0.4 is 15.2 Å². The molecule has 2 rings (SSSR count). The highest BCUT2D eigenvalue weighted by molar-refractivity contribution is 5.76. The van der Waals surface area contributed by atoms with Crippen LogP contribution >= 0.6 is 0 Å². The summed E-state index contributed by atoms with van der Waals surface area (Å²) in [4.78, 5) is 14.2. The van der Waals surface area contributed by atoms with E-state index in [9.17, 15) is 4.79 Å². The molecule has 0 radical (unpaired) electrons. The normalized spacial score (nSPS) is 18.1. The first-order valence-corrected chi connectivity index (χ1v) is 8.01. The molecule has 1 amide bonds. The number of likely N-dealkylation sites (tertiary alicyclic amines) is 1. The van der Waals surface area contributed by atoms with Crippen molar-refractivity contribution in [2.24, 2.45) is 5.73 Å². The Balaban J connectivity index is 1.69. The largest absolute Gasteiger partial charge is 0.497 e. The molecule has 1 atom stereocenters. The maximum absolute atomic E-state index is 12.3. The molecule has 0 aliphatic carbocycles. The Morgan fingerprint density at radius 3 is 2.68 bits per heavy atom. The number of amides is 1. The van der Waals surface area contributed by atoms with Gasteiger partial charge in [0.05, 0.1) is 13.7 Å². The van der Waals surface area contributed by atoms with Crippen molar-refractivity contribution >= 4 is 5.91 Å². The summed E-state index contributed by atoms with van der Waals surface area (Å²) < 4.78 is 10.7. The lowest BCUT2D eigenvalue weighted by Gasteiger charge is -2.35. The lowest BCUT2D eigenvalue weighted by Crippen LogP contribution is -2.47. The zero-order chi connectivity index (χ0) is 15.8. The van der Waals surface area contributed by atoms with Crippen LogP contribution in [0.2, 0.25) is 0 Å². The maximum atomic E-state index is 12.3. The monoisotopic (exact) mass is 306 g/mol. The number of hydrogen-bond donors (Lipinski definition) is 1. The van der Waals surface area contributed by atoms with Gasteiger partial charge in [0.1, 0.15) is 11.5 Å². The van der Waals surface area contributed by atoms with Gasteiger partial charge in [-0.2, -0.15) is 0 Å². The van der Waals surface area contributed by atoms with E-state index in [0.717, 1.165) is 37.3 Å². The summed E-state index contributed by atoms with van der Waals surface area (Å²) in [5.41, 5.74) is 5.76. The van der Waals surface area contributed by atoms with Crippen LogP contribution in [0.15, 0.2) is 24.3 Å². The Labute approximate surface area is 132 Å². The van der Waals surface area contributed by atoms with Gasteiger partial charge in [0.25, 0.3) is 0 Å². The summed E-state index contributed by atoms with van der Waals surface area (Å²) in [6.07, 6.45) is 4.53. The number of nitrogens with zero attached hydrogens (tertiary/aromatic N) is 1. The molecule has 122 valence electrons. The van der Waals surface area contributed by atoms with Gasteiger partial charge in [-0.1, -0.05) is 0 Å². The second-order valence-electron chi connectivity index (χ2n) is 5.60. The van der Waals surface area contributed by atoms with Crippen LogP contribution in [0.1, 0.15) is 32.1 Å². The summed E-state index contributed by atoms with van der Waals surface area (Å²) in [7, 11) is 1.64. The lowest BCUT2D eigenvalue weighted by molar-refractivity contribution is -0.134. The molecule has 1 aliphatic heterocycles. The maximum Gasteiger partial charge on any atom is 0.222 e. The number of hydrogen-bond acceptors (Lipinski definition) is 4. The molecule has 1 heterocycles. The highest BCUT2D eigenvalue weighted by Crippen LogP contribution is 2.19. The zero-order valence-electron chi connectivity index (χ0n) is 13.3. The molecule has 1 aromatic rings. The molecule has 0 aromatic heterocycles. The number of benzene rings is 1. The van der Waals surface area contributed by atoms with Crippen LogP contribution in [0.25, 0.3) is 0 Å². The third-order valence-corrected chi connectivity index (χ3v) is 4.08. The van der Waals surface area contributed by atoms with Crippen LogP contribution in [-0.2, 0) is 4.79 Å². The van der Waals surface area contributed by atoms with Crippen molar-refractivity contribution in [3.05, 3.63) is 24.3 Å². The fourth-order valence-corrected chi connectivity index (χ4v) is 2.80. The molecule has 22 heavy (non-hydrogen) atoms. The van der Waals surface area contributed by atoms with Gasteiger partial charge >= 0.3 is 0 Å². The third-order valence-electron chi connectivity index (χ3n) is 4.08. The van der Waals surface area contributed by atoms with Crippen molar-refractivity contribution in [1.29, 1.82) is 0 Å². The lowest BCUT2D eigenvalue weighted by atomic mass is 10.0. The molecule has 1 fully saturated rings. The summed E-state index contributed by atoms with van der Waals surface area (Å²) in [5.74, 6) is 1.81. The van der Waals surface area contributed by atoms with Gasteiger partial charge in [0.15, 0.2) is 0 Å². The van der Waals surface area contributed by atoms with E-state index >= 15 is 0 Å². The number of nitrogens with two attached hydrogens (primary N) is 1. The first kappa shape index (κ1) is 16.6. The Bertz CT molecular complexity index is 461. The van der Waals surface area contributed by atoms with E-state index in [1.54, 1.807) is 7.11 Å². The highest BCUT2D eigenvalue weighted by Gasteiger charge is 2.24. The second kappa shape index (κ2) is 8.63. The van der Waals surface area contributed by atoms with E-state index in [-0.39, 0.29) is 11.9 Å². The summed E-state index contributed by atoms with van der Waals surface area (Å²) >= 11 is 0. The Morgan fingerprint density at radius 1 is 1.27 bits per heavy atom. The van der Waals surface area contributed by atoms with Gasteiger partial charge in [-0.25, -0.2) is 0 Å². The van der Waals surface area contributed by atoms with E-state index in [0.29, 0.717) is 19.6 Å². The van der Waals surface area contributed by atoms with Gasteiger partial charge in [0, 0.05) is 25.6 Å². The summed E-state index contributed by atoms with van der Waals surface area (Å²) in [6.45, 7) is 1.95. The number of methoxy groups -OCH3 is 1. The number of ether oxygens (including phenoxy) is 2. The summed E-state index contributed by atoms with van der Waals surface area (Å²) in [5, 5.41) is 0. The third kappa shape index (κ3) is 4.63. The van der Waals surface area contributed by atoms with Crippen molar-refractivity contribution in [2.75, 3.05) is 26.8 Å². The predicted octanol–water partition coefficient (Wildman–Crippen LogP) is 2.19. The Morgan fingerprint density at radius 2 is 2.00 bits per heavy atom. The topological polar surface area (TPSA) is 64.8 Å². The highest BCUT2D eigenvalue weighted by atomic mass is 16.5. The molecule has 2 N–H and O–H groups in total. The van der Waals surface area contributed by atoms with Gasteiger partial charge in [-0.3, -0.25) is 4.79 Å². The number of carbonyl (C=O) groups excluding carboxylic acids is 1. The molecule has 0 bridgehead atoms. The van der Waals surface area contributed by atoms with E-state index in [1.807, 2.05) is 29.2 Å². The molecular formula is C17H26N2O3. The Kier molecular flexibility index (Phi) is 6.52. The van der Waals surface area contributed by atoms with E-state index in [4.69, 9.17) is 15.2 Å². The first-order chi connectivity index (χ1) is 10.7. The summed E-state index contributed by atoms with van der Waals surface area (Å²) in [6, 6.07) is 7.69. The number of carbonyl (C=O) groups is 1. The average molecular weight is 306 g/mol. The number of rotatable bonds is 7. The predicted molar refractivity (Wildman–Crippen MR) is 86.1 cm³/mol. The average Bonchev–Trinajstić information content (AvgIpc) is 2.59. The van der Waals surface area contributed by atoms with Crippen LogP contribution in [-0.4, -0.2) is 43.7 Å². The standard InChI is InChI=1S/C17H26N2O3/c1-21-15-7-9-16(10-8-15)22-12-4-6-17(20)19-11-3-2-5-14(19)13-18/h7-10,14H,2-6,11-13,18H2,1H3. The Hall–Kier alpha value is -1.75. The molecule has 1 saturated heterocycles. The second-order valence-corrected chi connectivity index (χ2v) is 5.60. The molecule has 1 aliphatic rings. The zero-order valence-corrected chi connectivity index (χ0v) is 13.3. The molecule has 5 nitrogen and oxygen atoms in total. The van der Waals surface area contributed by atoms with Crippen molar-refractivity contribution < 1.29 is 14.3 Å². The molecule has 5 heteroatoms. The van der Waals surface area contributed by atoms with E-state index in [2.05, 4.69) is 0 Å². The van der Waals surface area contributed by atoms with Gasteiger partial charge in [0.2, 0.25) is 5.91 Å². The minimum absolute atomic E-state index is 0.202. The van der Waals surface area contributed by atoms with Crippen molar-refractivity contribution in [1.82, 2.24) is 4.90 Å². The molecule has 0 saturated carbocycles. The van der Waals surface area contributed by atoms with E-state index < -0.39 is 0 Å². The molecular weight excluding hydrogens is 280 g/mol. The van der Waals surface area contributed by atoms with Crippen LogP contribution in [0.3, 0.4) is 0 Å². The first-order valence-electron chi connectivity index (χ1n) is 8.01. The van der Waals surface area contributed by atoms with E-state index in [1.165, 1.54) is 6.42 Å². The molecule has 1 unspecified atom stereocenters. The minimum Gasteiger partial charge on any atom is -0.497 e. The van der Waals surface area contributed by atoms with Crippen molar-refractivity contribution in [3.63, 3.8) is 0 Å². The van der Waals surface area contributed by atoms with Crippen LogP contribution in [0.4, 0.5) is 0 Å². The molecule has 0 spiro atoms. The smallest absolute Gasteiger partial charge is 0.222 e.